The summed E-state index contributed by atoms with van der Waals surface area (Å²) in [5, 5.41) is 5.95. The van der Waals surface area contributed by atoms with Gasteiger partial charge in [-0.2, -0.15) is 13.2 Å². The molecule has 0 aromatic heterocycles. The van der Waals surface area contributed by atoms with E-state index in [1.807, 2.05) is 48.5 Å². The Morgan fingerprint density at radius 1 is 1.00 bits per heavy atom. The van der Waals surface area contributed by atoms with Gasteiger partial charge < -0.3 is 16.4 Å². The van der Waals surface area contributed by atoms with Crippen molar-refractivity contribution in [1.82, 2.24) is 10.6 Å². The van der Waals surface area contributed by atoms with Gasteiger partial charge in [-0.1, -0.05) is 68.1 Å². The average Bonchev–Trinajstić information content (AvgIpc) is 3.11. The molecule has 2 aromatic carbocycles. The van der Waals surface area contributed by atoms with Crippen LogP contribution in [0.3, 0.4) is 0 Å². The fraction of sp³-hybridized carbons (Fsp3) is 0.407. The van der Waals surface area contributed by atoms with E-state index in [1.54, 1.807) is 0 Å². The summed E-state index contributed by atoms with van der Waals surface area (Å²) in [6, 6.07) is 15.9. The van der Waals surface area contributed by atoms with E-state index in [2.05, 4.69) is 30.0 Å². The second-order valence-electron chi connectivity index (χ2n) is 8.79. The monoisotopic (exact) mass is 490 g/mol. The number of nitrogens with two attached hydrogens (primary N) is 1. The largest absolute Gasteiger partial charge is 0.405 e. The second kappa shape index (κ2) is 11.4. The van der Waals surface area contributed by atoms with Crippen LogP contribution in [0.25, 0.3) is 11.1 Å². The zero-order valence-corrected chi connectivity index (χ0v) is 20.6. The molecule has 1 aliphatic carbocycles. The van der Waals surface area contributed by atoms with E-state index < -0.39 is 18.1 Å². The van der Waals surface area contributed by atoms with Gasteiger partial charge in [0.05, 0.1) is 11.7 Å². The summed E-state index contributed by atoms with van der Waals surface area (Å²) in [7, 11) is 0. The minimum Gasteiger partial charge on any atom is -0.388 e. The molecule has 34 heavy (non-hydrogen) atoms. The molecule has 184 valence electrons. The molecule has 0 amide bonds. The number of hydrogen-bond acceptors (Lipinski definition) is 3. The smallest absolute Gasteiger partial charge is 0.388 e. The number of nitrogens with one attached hydrogen (secondary N) is 2. The molecule has 7 heteroatoms. The van der Waals surface area contributed by atoms with E-state index in [0.717, 1.165) is 59.5 Å². The predicted molar refractivity (Wildman–Crippen MR) is 139 cm³/mol. The lowest BCUT2D eigenvalue weighted by molar-refractivity contribution is -0.123. The average molecular weight is 491 g/mol. The number of allylic oxidation sites excluding steroid dienone is 1. The van der Waals surface area contributed by atoms with Crippen molar-refractivity contribution in [3.05, 3.63) is 84.2 Å². The van der Waals surface area contributed by atoms with Gasteiger partial charge in [0.15, 0.2) is 0 Å². The lowest BCUT2D eigenvalue weighted by atomic mass is 9.72. The maximum absolute atomic E-state index is 13.1. The zero-order chi connectivity index (χ0) is 24.8. The number of alkyl halides is 3. The Morgan fingerprint density at radius 2 is 1.59 bits per heavy atom. The van der Waals surface area contributed by atoms with E-state index in [1.165, 1.54) is 11.8 Å². The lowest BCUT2D eigenvalue weighted by Crippen LogP contribution is -2.39. The molecule has 1 unspecified atom stereocenters. The molecule has 0 saturated carbocycles. The third-order valence-electron chi connectivity index (χ3n) is 6.52. The van der Waals surface area contributed by atoms with Crippen LogP contribution in [-0.4, -0.2) is 37.3 Å². The molecular formula is C27H35F3N3S+. The minimum atomic E-state index is -4.32. The van der Waals surface area contributed by atoms with Gasteiger partial charge in [0.25, 0.3) is 0 Å². The SMILES string of the molecule is C=C(NCCCCC1(C(=C)NCC(F)(F)F)c2ccccc2-c2ccccc21)C(N)CC[SH+]C. The van der Waals surface area contributed by atoms with Crippen LogP contribution in [0.15, 0.2) is 73.1 Å². The van der Waals surface area contributed by atoms with Crippen molar-refractivity contribution in [3.8, 4) is 11.1 Å². The van der Waals surface area contributed by atoms with Crippen LogP contribution in [0, 0.1) is 0 Å². The Labute approximate surface area is 205 Å². The summed E-state index contributed by atoms with van der Waals surface area (Å²) in [6.07, 6.45) is 0.984. The number of thiol groups is 1. The van der Waals surface area contributed by atoms with E-state index in [-0.39, 0.29) is 6.04 Å². The standard InChI is InChI=1S/C27H34F3N3S/c1-19(25(31)14-17-34-3)32-16-9-8-15-26(20(2)33-18-27(28,29)30)23-12-6-4-10-21(23)22-11-5-7-13-24(22)26/h4-7,10-13,25,32-33H,1-2,8-9,14-18,31H2,3H3/p+1. The lowest BCUT2D eigenvalue weighted by Gasteiger charge is -2.35. The van der Waals surface area contributed by atoms with Gasteiger partial charge in [-0.25, -0.2) is 0 Å². The van der Waals surface area contributed by atoms with Crippen LogP contribution in [-0.2, 0) is 17.2 Å². The van der Waals surface area contributed by atoms with E-state index in [9.17, 15) is 13.2 Å². The summed E-state index contributed by atoms with van der Waals surface area (Å²) >= 11 is 1.32. The molecule has 0 saturated heterocycles. The Hall–Kier alpha value is -2.38. The molecule has 2 aromatic rings. The van der Waals surface area contributed by atoms with Crippen molar-refractivity contribution >= 4 is 11.8 Å². The predicted octanol–water partition coefficient (Wildman–Crippen LogP) is 5.05. The molecule has 0 spiro atoms. The van der Waals surface area contributed by atoms with Gasteiger partial charge in [0.1, 0.15) is 12.3 Å². The van der Waals surface area contributed by atoms with Crippen LogP contribution in [0.5, 0.6) is 0 Å². The van der Waals surface area contributed by atoms with Gasteiger partial charge in [0.2, 0.25) is 0 Å². The number of unbranched alkanes of at least 4 members (excludes halogenated alkanes) is 1. The Balaban J connectivity index is 1.77. The normalized spacial score (nSPS) is 14.7. The van der Waals surface area contributed by atoms with Crippen molar-refractivity contribution in [3.63, 3.8) is 0 Å². The summed E-state index contributed by atoms with van der Waals surface area (Å²) in [5.41, 5.74) is 10.8. The van der Waals surface area contributed by atoms with Crippen LogP contribution >= 0.6 is 0 Å². The fourth-order valence-corrected chi connectivity index (χ4v) is 5.30. The number of rotatable bonds is 13. The third-order valence-corrected chi connectivity index (χ3v) is 7.23. The molecular weight excluding hydrogens is 455 g/mol. The highest BCUT2D eigenvalue weighted by molar-refractivity contribution is 7.77. The van der Waals surface area contributed by atoms with Crippen molar-refractivity contribution in [2.24, 2.45) is 5.73 Å². The number of benzene rings is 2. The van der Waals surface area contributed by atoms with E-state index in [0.29, 0.717) is 12.1 Å². The van der Waals surface area contributed by atoms with Crippen LogP contribution in [0.1, 0.15) is 36.8 Å². The number of hydrogen-bond donors (Lipinski definition) is 3. The quantitative estimate of drug-likeness (QED) is 0.209. The Morgan fingerprint density at radius 3 is 2.15 bits per heavy atom. The highest BCUT2D eigenvalue weighted by atomic mass is 32.2. The molecule has 0 radical (unpaired) electrons. The second-order valence-corrected chi connectivity index (χ2v) is 9.87. The molecule has 3 nitrogen and oxygen atoms in total. The Bertz CT molecular complexity index is 957. The number of halogens is 3. The first-order valence-corrected chi connectivity index (χ1v) is 13.2. The van der Waals surface area contributed by atoms with Crippen molar-refractivity contribution in [1.29, 1.82) is 0 Å². The number of fused-ring (bicyclic) bond motifs is 3. The third kappa shape index (κ3) is 5.81. The highest BCUT2D eigenvalue weighted by Crippen LogP contribution is 2.54. The van der Waals surface area contributed by atoms with Crippen LogP contribution in [0.4, 0.5) is 13.2 Å². The maximum Gasteiger partial charge on any atom is 0.405 e. The van der Waals surface area contributed by atoms with Crippen molar-refractivity contribution < 1.29 is 13.2 Å². The first kappa shape index (κ1) is 26.2. The maximum atomic E-state index is 13.1. The van der Waals surface area contributed by atoms with Gasteiger partial charge in [0, 0.05) is 30.4 Å². The Kier molecular flexibility index (Phi) is 8.77. The van der Waals surface area contributed by atoms with Gasteiger partial charge in [-0.3, -0.25) is 0 Å². The minimum absolute atomic E-state index is 0.0706. The first-order chi connectivity index (χ1) is 16.2. The molecule has 0 aliphatic heterocycles. The molecule has 0 bridgehead atoms. The fourth-order valence-electron chi connectivity index (χ4n) is 4.77. The van der Waals surface area contributed by atoms with Crippen LogP contribution < -0.4 is 16.4 Å². The molecule has 4 N–H and O–H groups in total. The first-order valence-electron chi connectivity index (χ1n) is 11.6. The van der Waals surface area contributed by atoms with Crippen molar-refractivity contribution in [2.45, 2.75) is 43.3 Å². The zero-order valence-electron chi connectivity index (χ0n) is 19.7. The molecule has 0 fully saturated rings. The molecule has 0 heterocycles. The van der Waals surface area contributed by atoms with Gasteiger partial charge >= 0.3 is 6.18 Å². The highest BCUT2D eigenvalue weighted by Gasteiger charge is 2.45. The molecule has 1 aliphatic rings. The van der Waals surface area contributed by atoms with E-state index >= 15 is 0 Å². The van der Waals surface area contributed by atoms with Crippen LogP contribution in [0.2, 0.25) is 0 Å². The summed E-state index contributed by atoms with van der Waals surface area (Å²) in [6.45, 7) is 7.81. The van der Waals surface area contributed by atoms with E-state index in [4.69, 9.17) is 5.73 Å². The van der Waals surface area contributed by atoms with Crippen molar-refractivity contribution in [2.75, 3.05) is 25.1 Å². The van der Waals surface area contributed by atoms with Gasteiger partial charge in [-0.05, 0) is 46.9 Å². The summed E-state index contributed by atoms with van der Waals surface area (Å²) in [4.78, 5) is 0. The summed E-state index contributed by atoms with van der Waals surface area (Å²) < 4.78 is 39.2. The topological polar surface area (TPSA) is 50.1 Å². The molecule has 1 atom stereocenters. The summed E-state index contributed by atoms with van der Waals surface area (Å²) in [5.74, 6) is 1.04. The van der Waals surface area contributed by atoms with Gasteiger partial charge in [-0.15, -0.1) is 0 Å². The molecule has 3 rings (SSSR count).